The molecule has 0 aromatic heterocycles. The van der Waals surface area contributed by atoms with Gasteiger partial charge >= 0.3 is 5.97 Å². The standard InChI is InChI=1S/C14H28N4O4/c1-3-9(2)12(14(22)17-8-11(19)20)18-13(21)10(16)6-4-5-7-15/h9-10,12H,3-8,15-16H2,1-2H3,(H,17,22)(H,18,21)(H,19,20). The summed E-state index contributed by atoms with van der Waals surface area (Å²) in [5.74, 6) is -2.19. The third kappa shape index (κ3) is 7.94. The third-order valence-corrected chi connectivity index (χ3v) is 3.51. The van der Waals surface area contributed by atoms with Crippen molar-refractivity contribution in [1.82, 2.24) is 10.6 Å². The average Bonchev–Trinajstić information content (AvgIpc) is 2.49. The van der Waals surface area contributed by atoms with Crippen molar-refractivity contribution >= 4 is 17.8 Å². The van der Waals surface area contributed by atoms with Crippen molar-refractivity contribution in [2.75, 3.05) is 13.1 Å². The topological polar surface area (TPSA) is 148 Å². The quantitative estimate of drug-likeness (QED) is 0.314. The van der Waals surface area contributed by atoms with Crippen LogP contribution in [0.4, 0.5) is 0 Å². The number of hydrogen-bond donors (Lipinski definition) is 5. The summed E-state index contributed by atoms with van der Waals surface area (Å²) in [6.45, 7) is 3.76. The van der Waals surface area contributed by atoms with Crippen molar-refractivity contribution in [3.05, 3.63) is 0 Å². The maximum Gasteiger partial charge on any atom is 0.322 e. The molecule has 0 radical (unpaired) electrons. The van der Waals surface area contributed by atoms with Gasteiger partial charge in [0.1, 0.15) is 12.6 Å². The summed E-state index contributed by atoms with van der Waals surface area (Å²) >= 11 is 0. The molecule has 0 fully saturated rings. The number of amides is 2. The van der Waals surface area contributed by atoms with Gasteiger partial charge in [0.2, 0.25) is 11.8 Å². The first-order chi connectivity index (χ1) is 10.3. The van der Waals surface area contributed by atoms with Gasteiger partial charge in [0.15, 0.2) is 0 Å². The molecule has 22 heavy (non-hydrogen) atoms. The Balaban J connectivity index is 4.60. The molecule has 0 aliphatic carbocycles. The lowest BCUT2D eigenvalue weighted by atomic mass is 9.97. The molecule has 8 nitrogen and oxygen atoms in total. The molecule has 0 aromatic rings. The van der Waals surface area contributed by atoms with Crippen LogP contribution in [-0.4, -0.2) is 48.1 Å². The Morgan fingerprint density at radius 1 is 1.18 bits per heavy atom. The van der Waals surface area contributed by atoms with E-state index in [9.17, 15) is 14.4 Å². The van der Waals surface area contributed by atoms with Gasteiger partial charge in [-0.1, -0.05) is 26.7 Å². The fraction of sp³-hybridized carbons (Fsp3) is 0.786. The maximum atomic E-state index is 12.0. The normalized spacial score (nSPS) is 14.7. The van der Waals surface area contributed by atoms with Crippen LogP contribution in [0.5, 0.6) is 0 Å². The minimum absolute atomic E-state index is 0.131. The summed E-state index contributed by atoms with van der Waals surface area (Å²) in [4.78, 5) is 34.6. The molecular weight excluding hydrogens is 288 g/mol. The van der Waals surface area contributed by atoms with Crippen molar-refractivity contribution < 1.29 is 19.5 Å². The van der Waals surface area contributed by atoms with E-state index < -0.39 is 36.4 Å². The second-order valence-corrected chi connectivity index (χ2v) is 5.37. The number of carboxylic acid groups (broad SMARTS) is 1. The zero-order chi connectivity index (χ0) is 17.1. The Labute approximate surface area is 131 Å². The summed E-state index contributed by atoms with van der Waals surface area (Å²) in [6, 6.07) is -1.50. The smallest absolute Gasteiger partial charge is 0.322 e. The van der Waals surface area contributed by atoms with Crippen LogP contribution in [0, 0.1) is 5.92 Å². The van der Waals surface area contributed by atoms with Gasteiger partial charge in [0.05, 0.1) is 6.04 Å². The van der Waals surface area contributed by atoms with Crippen LogP contribution in [0.2, 0.25) is 0 Å². The van der Waals surface area contributed by atoms with E-state index in [0.29, 0.717) is 19.4 Å². The molecule has 0 aliphatic rings. The van der Waals surface area contributed by atoms with E-state index in [1.54, 1.807) is 0 Å². The molecule has 0 aliphatic heterocycles. The van der Waals surface area contributed by atoms with E-state index in [2.05, 4.69) is 10.6 Å². The van der Waals surface area contributed by atoms with Gasteiger partial charge in [-0.2, -0.15) is 0 Å². The molecule has 128 valence electrons. The Bertz CT molecular complexity index is 376. The number of unbranched alkanes of at least 4 members (excludes halogenated alkanes) is 1. The number of carboxylic acids is 1. The second kappa shape index (κ2) is 11.0. The fourth-order valence-electron chi connectivity index (χ4n) is 1.87. The Morgan fingerprint density at radius 2 is 1.82 bits per heavy atom. The minimum Gasteiger partial charge on any atom is -0.480 e. The number of nitrogens with two attached hydrogens (primary N) is 2. The van der Waals surface area contributed by atoms with Crippen LogP contribution in [0.15, 0.2) is 0 Å². The first-order valence-electron chi connectivity index (χ1n) is 7.58. The Morgan fingerprint density at radius 3 is 2.32 bits per heavy atom. The highest BCUT2D eigenvalue weighted by Crippen LogP contribution is 2.09. The van der Waals surface area contributed by atoms with Crippen molar-refractivity contribution in [3.63, 3.8) is 0 Å². The number of rotatable bonds is 11. The molecule has 0 saturated carbocycles. The van der Waals surface area contributed by atoms with Gasteiger partial charge in [-0.15, -0.1) is 0 Å². The van der Waals surface area contributed by atoms with Crippen LogP contribution in [0.3, 0.4) is 0 Å². The van der Waals surface area contributed by atoms with Crippen LogP contribution in [0.25, 0.3) is 0 Å². The van der Waals surface area contributed by atoms with E-state index in [4.69, 9.17) is 16.6 Å². The lowest BCUT2D eigenvalue weighted by Crippen LogP contribution is -2.54. The summed E-state index contributed by atoms with van der Waals surface area (Å²) < 4.78 is 0. The monoisotopic (exact) mass is 316 g/mol. The predicted octanol–water partition coefficient (Wildman–Crippen LogP) is -0.826. The highest BCUT2D eigenvalue weighted by molar-refractivity contribution is 5.91. The van der Waals surface area contributed by atoms with E-state index >= 15 is 0 Å². The molecule has 0 spiro atoms. The second-order valence-electron chi connectivity index (χ2n) is 5.37. The number of carbonyl (C=O) groups is 3. The molecule has 0 bridgehead atoms. The number of aliphatic carboxylic acids is 1. The lowest BCUT2D eigenvalue weighted by Gasteiger charge is -2.24. The molecule has 7 N–H and O–H groups in total. The summed E-state index contributed by atoms with van der Waals surface area (Å²) in [6.07, 6.45) is 2.68. The summed E-state index contributed by atoms with van der Waals surface area (Å²) in [7, 11) is 0. The molecule has 3 unspecified atom stereocenters. The van der Waals surface area contributed by atoms with Crippen LogP contribution in [0.1, 0.15) is 39.5 Å². The molecule has 0 aromatic carbocycles. The number of carbonyl (C=O) groups excluding carboxylic acids is 2. The van der Waals surface area contributed by atoms with Crippen molar-refractivity contribution in [2.45, 2.75) is 51.6 Å². The van der Waals surface area contributed by atoms with Gasteiger partial charge in [0.25, 0.3) is 0 Å². The molecule has 8 heteroatoms. The Hall–Kier alpha value is -1.67. The summed E-state index contributed by atoms with van der Waals surface area (Å²) in [5, 5.41) is 13.5. The molecule has 0 saturated heterocycles. The van der Waals surface area contributed by atoms with E-state index in [0.717, 1.165) is 12.8 Å². The SMILES string of the molecule is CCC(C)C(NC(=O)C(N)CCCCN)C(=O)NCC(=O)O. The zero-order valence-corrected chi connectivity index (χ0v) is 13.3. The molecule has 0 rings (SSSR count). The van der Waals surface area contributed by atoms with Gasteiger partial charge < -0.3 is 27.2 Å². The average molecular weight is 316 g/mol. The van der Waals surface area contributed by atoms with Crippen LogP contribution in [-0.2, 0) is 14.4 Å². The first kappa shape index (κ1) is 20.3. The zero-order valence-electron chi connectivity index (χ0n) is 13.3. The number of nitrogens with one attached hydrogen (secondary N) is 2. The summed E-state index contributed by atoms with van der Waals surface area (Å²) in [5.41, 5.74) is 11.2. The van der Waals surface area contributed by atoms with E-state index in [1.165, 1.54) is 0 Å². The van der Waals surface area contributed by atoms with E-state index in [1.807, 2.05) is 13.8 Å². The molecule has 0 heterocycles. The van der Waals surface area contributed by atoms with Crippen LogP contribution < -0.4 is 22.1 Å². The minimum atomic E-state index is -1.14. The van der Waals surface area contributed by atoms with Gasteiger partial charge in [-0.05, 0) is 25.3 Å². The van der Waals surface area contributed by atoms with Crippen LogP contribution >= 0.6 is 0 Å². The maximum absolute atomic E-state index is 12.0. The Kier molecular flexibility index (Phi) is 10.1. The largest absolute Gasteiger partial charge is 0.480 e. The lowest BCUT2D eigenvalue weighted by molar-refractivity contribution is -0.138. The van der Waals surface area contributed by atoms with Crippen molar-refractivity contribution in [2.24, 2.45) is 17.4 Å². The predicted molar refractivity (Wildman–Crippen MR) is 82.9 cm³/mol. The van der Waals surface area contributed by atoms with Crippen molar-refractivity contribution in [1.29, 1.82) is 0 Å². The van der Waals surface area contributed by atoms with Gasteiger partial charge in [-0.3, -0.25) is 14.4 Å². The highest BCUT2D eigenvalue weighted by Gasteiger charge is 2.27. The highest BCUT2D eigenvalue weighted by atomic mass is 16.4. The van der Waals surface area contributed by atoms with Gasteiger partial charge in [0, 0.05) is 0 Å². The first-order valence-corrected chi connectivity index (χ1v) is 7.58. The fourth-order valence-corrected chi connectivity index (χ4v) is 1.87. The third-order valence-electron chi connectivity index (χ3n) is 3.51. The number of hydrogen-bond acceptors (Lipinski definition) is 5. The molecular formula is C14H28N4O4. The molecule has 2 amide bonds. The molecule has 3 atom stereocenters. The van der Waals surface area contributed by atoms with Crippen molar-refractivity contribution in [3.8, 4) is 0 Å². The van der Waals surface area contributed by atoms with Gasteiger partial charge in [-0.25, -0.2) is 0 Å². The van der Waals surface area contributed by atoms with E-state index in [-0.39, 0.29) is 5.92 Å².